The Morgan fingerprint density at radius 2 is 2.13 bits per heavy atom. The van der Waals surface area contributed by atoms with E-state index >= 15 is 0 Å². The van der Waals surface area contributed by atoms with E-state index < -0.39 is 5.97 Å². The SMILES string of the molecule is C=C[C@@H](C)[C@H](CCCC(=O)O)OC(C)=O. The molecule has 0 amide bonds. The van der Waals surface area contributed by atoms with Gasteiger partial charge in [0.25, 0.3) is 0 Å². The predicted molar refractivity (Wildman–Crippen MR) is 56.4 cm³/mol. The highest BCUT2D eigenvalue weighted by Crippen LogP contribution is 2.15. The number of carbonyl (C=O) groups excluding carboxylic acids is 1. The van der Waals surface area contributed by atoms with Gasteiger partial charge < -0.3 is 9.84 Å². The lowest BCUT2D eigenvalue weighted by Crippen LogP contribution is -2.23. The number of esters is 1. The highest BCUT2D eigenvalue weighted by Gasteiger charge is 2.17. The van der Waals surface area contributed by atoms with Crippen molar-refractivity contribution in [3.63, 3.8) is 0 Å². The summed E-state index contributed by atoms with van der Waals surface area (Å²) in [6.45, 7) is 6.86. The minimum absolute atomic E-state index is 0.0442. The Kier molecular flexibility index (Phi) is 6.42. The molecule has 0 spiro atoms. The van der Waals surface area contributed by atoms with Crippen LogP contribution in [0.2, 0.25) is 0 Å². The van der Waals surface area contributed by atoms with Crippen LogP contribution >= 0.6 is 0 Å². The number of carbonyl (C=O) groups is 2. The van der Waals surface area contributed by atoms with Gasteiger partial charge in [0.15, 0.2) is 0 Å². The zero-order chi connectivity index (χ0) is 11.8. The summed E-state index contributed by atoms with van der Waals surface area (Å²) in [5.74, 6) is -1.13. The molecule has 0 heterocycles. The van der Waals surface area contributed by atoms with E-state index in [9.17, 15) is 9.59 Å². The number of ether oxygens (including phenoxy) is 1. The molecule has 1 N–H and O–H groups in total. The standard InChI is InChI=1S/C11H18O4/c1-4-8(2)10(15-9(3)12)6-5-7-11(13)14/h4,8,10H,1,5-7H2,2-3H3,(H,13,14)/t8-,10+/m1/s1. The first-order valence-corrected chi connectivity index (χ1v) is 4.99. The van der Waals surface area contributed by atoms with Gasteiger partial charge in [0.05, 0.1) is 0 Å². The van der Waals surface area contributed by atoms with Gasteiger partial charge in [-0.25, -0.2) is 0 Å². The van der Waals surface area contributed by atoms with Crippen LogP contribution in [0.15, 0.2) is 12.7 Å². The first kappa shape index (κ1) is 13.7. The van der Waals surface area contributed by atoms with Gasteiger partial charge in [-0.05, 0) is 12.8 Å². The summed E-state index contributed by atoms with van der Waals surface area (Å²) >= 11 is 0. The largest absolute Gasteiger partial charge is 0.481 e. The fourth-order valence-electron chi connectivity index (χ4n) is 1.25. The Balaban J connectivity index is 4.06. The number of hydrogen-bond donors (Lipinski definition) is 1. The van der Waals surface area contributed by atoms with E-state index in [2.05, 4.69) is 6.58 Å². The van der Waals surface area contributed by atoms with Crippen LogP contribution in [-0.4, -0.2) is 23.1 Å². The summed E-state index contributed by atoms with van der Waals surface area (Å²) in [6, 6.07) is 0. The van der Waals surface area contributed by atoms with E-state index in [0.717, 1.165) is 0 Å². The lowest BCUT2D eigenvalue weighted by Gasteiger charge is -2.20. The van der Waals surface area contributed by atoms with Crippen LogP contribution < -0.4 is 0 Å². The number of carboxylic acids is 1. The quantitative estimate of drug-likeness (QED) is 0.520. The molecule has 0 fully saturated rings. The van der Waals surface area contributed by atoms with Crippen LogP contribution in [0.25, 0.3) is 0 Å². The zero-order valence-corrected chi connectivity index (χ0v) is 9.23. The number of hydrogen-bond acceptors (Lipinski definition) is 3. The van der Waals surface area contributed by atoms with E-state index in [1.807, 2.05) is 6.92 Å². The Labute approximate surface area is 89.9 Å². The highest BCUT2D eigenvalue weighted by atomic mass is 16.5. The van der Waals surface area contributed by atoms with E-state index in [4.69, 9.17) is 9.84 Å². The van der Waals surface area contributed by atoms with Crippen LogP contribution in [0, 0.1) is 5.92 Å². The Morgan fingerprint density at radius 1 is 1.53 bits per heavy atom. The summed E-state index contributed by atoms with van der Waals surface area (Å²) in [7, 11) is 0. The van der Waals surface area contributed by atoms with Crippen molar-refractivity contribution in [2.75, 3.05) is 0 Å². The van der Waals surface area contributed by atoms with Crippen molar-refractivity contribution in [2.45, 2.75) is 39.2 Å². The number of aliphatic carboxylic acids is 1. The highest BCUT2D eigenvalue weighted by molar-refractivity contribution is 5.67. The van der Waals surface area contributed by atoms with Crippen molar-refractivity contribution in [3.05, 3.63) is 12.7 Å². The molecule has 0 saturated heterocycles. The van der Waals surface area contributed by atoms with Crippen LogP contribution in [0.5, 0.6) is 0 Å². The van der Waals surface area contributed by atoms with Crippen molar-refractivity contribution in [3.8, 4) is 0 Å². The Morgan fingerprint density at radius 3 is 2.53 bits per heavy atom. The fraction of sp³-hybridized carbons (Fsp3) is 0.636. The molecule has 2 atom stereocenters. The maximum absolute atomic E-state index is 10.8. The first-order valence-electron chi connectivity index (χ1n) is 4.99. The second-order valence-electron chi connectivity index (χ2n) is 3.53. The van der Waals surface area contributed by atoms with Crippen molar-refractivity contribution in [1.82, 2.24) is 0 Å². The van der Waals surface area contributed by atoms with Crippen molar-refractivity contribution in [2.24, 2.45) is 5.92 Å². The molecule has 0 aromatic carbocycles. The monoisotopic (exact) mass is 214 g/mol. The van der Waals surface area contributed by atoms with Crippen LogP contribution in [-0.2, 0) is 14.3 Å². The summed E-state index contributed by atoms with van der Waals surface area (Å²) in [5.41, 5.74) is 0. The molecule has 15 heavy (non-hydrogen) atoms. The smallest absolute Gasteiger partial charge is 0.303 e. The molecular formula is C11H18O4. The first-order chi connectivity index (χ1) is 6.97. The molecule has 0 saturated carbocycles. The molecule has 0 aliphatic carbocycles. The van der Waals surface area contributed by atoms with Crippen LogP contribution in [0.1, 0.15) is 33.1 Å². The maximum Gasteiger partial charge on any atom is 0.303 e. The molecule has 4 nitrogen and oxygen atoms in total. The van der Waals surface area contributed by atoms with Crippen LogP contribution in [0.3, 0.4) is 0 Å². The van der Waals surface area contributed by atoms with Gasteiger partial charge in [0.1, 0.15) is 6.10 Å². The maximum atomic E-state index is 10.8. The van der Waals surface area contributed by atoms with E-state index in [0.29, 0.717) is 12.8 Å². The van der Waals surface area contributed by atoms with Gasteiger partial charge in [0.2, 0.25) is 0 Å². The molecule has 0 bridgehead atoms. The zero-order valence-electron chi connectivity index (χ0n) is 9.23. The van der Waals surface area contributed by atoms with E-state index in [-0.39, 0.29) is 24.4 Å². The van der Waals surface area contributed by atoms with Gasteiger partial charge in [-0.1, -0.05) is 13.0 Å². The normalized spacial score (nSPS) is 14.0. The molecule has 0 aromatic heterocycles. The Hall–Kier alpha value is -1.32. The van der Waals surface area contributed by atoms with E-state index in [1.165, 1.54) is 6.92 Å². The third kappa shape index (κ3) is 6.71. The minimum atomic E-state index is -0.831. The molecular weight excluding hydrogens is 196 g/mol. The molecule has 0 unspecified atom stereocenters. The van der Waals surface area contributed by atoms with Gasteiger partial charge >= 0.3 is 11.9 Å². The predicted octanol–water partition coefficient (Wildman–Crippen LogP) is 2.00. The van der Waals surface area contributed by atoms with Gasteiger partial charge in [-0.15, -0.1) is 6.58 Å². The average Bonchev–Trinajstić information content (AvgIpc) is 2.14. The lowest BCUT2D eigenvalue weighted by atomic mass is 9.99. The lowest BCUT2D eigenvalue weighted by molar-refractivity contribution is -0.148. The summed E-state index contributed by atoms with van der Waals surface area (Å²) in [6.07, 6.45) is 2.60. The van der Waals surface area contributed by atoms with Crippen molar-refractivity contribution >= 4 is 11.9 Å². The minimum Gasteiger partial charge on any atom is -0.481 e. The Bertz CT molecular complexity index is 235. The molecule has 0 aliphatic heterocycles. The molecule has 4 heteroatoms. The molecule has 0 rings (SSSR count). The second-order valence-corrected chi connectivity index (χ2v) is 3.53. The second kappa shape index (κ2) is 7.04. The molecule has 0 aliphatic rings. The third-order valence-corrected chi connectivity index (χ3v) is 2.15. The fourth-order valence-corrected chi connectivity index (χ4v) is 1.25. The summed E-state index contributed by atoms with van der Waals surface area (Å²) in [4.78, 5) is 21.1. The van der Waals surface area contributed by atoms with Crippen molar-refractivity contribution < 1.29 is 19.4 Å². The van der Waals surface area contributed by atoms with E-state index in [1.54, 1.807) is 6.08 Å². The summed E-state index contributed by atoms with van der Waals surface area (Å²) in [5, 5.41) is 8.48. The molecule has 86 valence electrons. The summed E-state index contributed by atoms with van der Waals surface area (Å²) < 4.78 is 5.08. The number of carboxylic acid groups (broad SMARTS) is 1. The van der Waals surface area contributed by atoms with Gasteiger partial charge in [-0.2, -0.15) is 0 Å². The van der Waals surface area contributed by atoms with Gasteiger partial charge in [0, 0.05) is 19.3 Å². The molecule has 0 radical (unpaired) electrons. The average molecular weight is 214 g/mol. The van der Waals surface area contributed by atoms with Gasteiger partial charge in [-0.3, -0.25) is 9.59 Å². The number of rotatable bonds is 7. The molecule has 0 aromatic rings. The topological polar surface area (TPSA) is 63.6 Å². The van der Waals surface area contributed by atoms with Crippen molar-refractivity contribution in [1.29, 1.82) is 0 Å². The third-order valence-electron chi connectivity index (χ3n) is 2.15. The van der Waals surface area contributed by atoms with Crippen LogP contribution in [0.4, 0.5) is 0 Å².